The van der Waals surface area contributed by atoms with Crippen molar-refractivity contribution in [1.29, 1.82) is 0 Å². The molecule has 0 saturated carbocycles. The van der Waals surface area contributed by atoms with Gasteiger partial charge in [-0.2, -0.15) is 0 Å². The SMILES string of the molecule is C[C@H]1NC[C@H]1CCCB(O)O. The van der Waals surface area contributed by atoms with E-state index in [1.54, 1.807) is 0 Å². The molecule has 1 heterocycles. The number of hydrogen-bond donors (Lipinski definition) is 3. The second kappa shape index (κ2) is 4.09. The van der Waals surface area contributed by atoms with E-state index in [9.17, 15) is 0 Å². The first kappa shape index (κ1) is 9.04. The summed E-state index contributed by atoms with van der Waals surface area (Å²) in [6.45, 7) is 3.27. The second-order valence-electron chi connectivity index (χ2n) is 3.37. The van der Waals surface area contributed by atoms with Crippen molar-refractivity contribution in [2.45, 2.75) is 32.1 Å². The zero-order chi connectivity index (χ0) is 8.27. The van der Waals surface area contributed by atoms with Crippen molar-refractivity contribution in [2.75, 3.05) is 6.54 Å². The lowest BCUT2D eigenvalue weighted by Crippen LogP contribution is -2.50. The maximum atomic E-state index is 8.56. The van der Waals surface area contributed by atoms with Crippen LogP contribution in [0.15, 0.2) is 0 Å². The van der Waals surface area contributed by atoms with Crippen LogP contribution in [0.4, 0.5) is 0 Å². The van der Waals surface area contributed by atoms with Gasteiger partial charge in [-0.15, -0.1) is 0 Å². The Hall–Kier alpha value is -0.0551. The Labute approximate surface area is 68.0 Å². The summed E-state index contributed by atoms with van der Waals surface area (Å²) in [5.74, 6) is 0.758. The third-order valence-electron chi connectivity index (χ3n) is 2.45. The Morgan fingerprint density at radius 1 is 1.55 bits per heavy atom. The minimum atomic E-state index is -1.11. The molecule has 1 fully saturated rings. The van der Waals surface area contributed by atoms with Gasteiger partial charge in [-0.3, -0.25) is 0 Å². The normalized spacial score (nSPS) is 29.7. The molecule has 64 valence electrons. The Bertz CT molecular complexity index is 121. The molecule has 0 spiro atoms. The van der Waals surface area contributed by atoms with E-state index in [0.717, 1.165) is 25.3 Å². The Balaban J connectivity index is 1.95. The summed E-state index contributed by atoms with van der Waals surface area (Å²) in [6.07, 6.45) is 2.56. The highest BCUT2D eigenvalue weighted by Crippen LogP contribution is 2.19. The average Bonchev–Trinajstić information content (AvgIpc) is 1.94. The summed E-state index contributed by atoms with van der Waals surface area (Å²) in [7, 11) is -1.11. The molecule has 1 rings (SSSR count). The van der Waals surface area contributed by atoms with Gasteiger partial charge >= 0.3 is 7.12 Å². The van der Waals surface area contributed by atoms with Crippen molar-refractivity contribution in [3.63, 3.8) is 0 Å². The molecule has 0 aromatic carbocycles. The van der Waals surface area contributed by atoms with Crippen LogP contribution in [0.1, 0.15) is 19.8 Å². The van der Waals surface area contributed by atoms with Crippen LogP contribution < -0.4 is 5.32 Å². The predicted octanol–water partition coefficient (Wildman–Crippen LogP) is -0.153. The Morgan fingerprint density at radius 3 is 2.64 bits per heavy atom. The minimum Gasteiger partial charge on any atom is -0.427 e. The molecule has 0 aromatic heterocycles. The van der Waals surface area contributed by atoms with Gasteiger partial charge in [-0.25, -0.2) is 0 Å². The van der Waals surface area contributed by atoms with E-state index in [0.29, 0.717) is 12.4 Å². The molecule has 0 aliphatic carbocycles. The largest absolute Gasteiger partial charge is 0.451 e. The third-order valence-corrected chi connectivity index (χ3v) is 2.45. The number of rotatable bonds is 4. The van der Waals surface area contributed by atoms with E-state index < -0.39 is 7.12 Å². The first-order valence-electron chi connectivity index (χ1n) is 4.29. The monoisotopic (exact) mass is 157 g/mol. The van der Waals surface area contributed by atoms with Gasteiger partial charge in [0.05, 0.1) is 0 Å². The maximum Gasteiger partial charge on any atom is 0.451 e. The van der Waals surface area contributed by atoms with Gasteiger partial charge in [0, 0.05) is 6.04 Å². The van der Waals surface area contributed by atoms with Crippen LogP contribution in [-0.2, 0) is 0 Å². The molecular weight excluding hydrogens is 141 g/mol. The molecule has 2 atom stereocenters. The topological polar surface area (TPSA) is 52.5 Å². The van der Waals surface area contributed by atoms with E-state index in [1.807, 2.05) is 0 Å². The fourth-order valence-corrected chi connectivity index (χ4v) is 1.43. The maximum absolute atomic E-state index is 8.56. The van der Waals surface area contributed by atoms with Crippen LogP contribution >= 0.6 is 0 Å². The Kier molecular flexibility index (Phi) is 3.36. The highest BCUT2D eigenvalue weighted by Gasteiger charge is 2.25. The molecule has 0 aromatic rings. The molecular formula is C7H16BNO2. The first-order chi connectivity index (χ1) is 5.20. The average molecular weight is 157 g/mol. The molecule has 3 nitrogen and oxygen atoms in total. The van der Waals surface area contributed by atoms with Crippen molar-refractivity contribution < 1.29 is 10.0 Å². The summed E-state index contributed by atoms with van der Waals surface area (Å²) in [4.78, 5) is 0. The number of hydrogen-bond acceptors (Lipinski definition) is 3. The zero-order valence-electron chi connectivity index (χ0n) is 6.95. The summed E-state index contributed by atoms with van der Waals surface area (Å²) >= 11 is 0. The lowest BCUT2D eigenvalue weighted by atomic mass is 9.80. The van der Waals surface area contributed by atoms with Gasteiger partial charge in [0.15, 0.2) is 0 Å². The smallest absolute Gasteiger partial charge is 0.427 e. The molecule has 0 radical (unpaired) electrons. The third kappa shape index (κ3) is 2.81. The molecule has 11 heavy (non-hydrogen) atoms. The summed E-state index contributed by atoms with van der Waals surface area (Å²) < 4.78 is 0. The van der Waals surface area contributed by atoms with E-state index in [2.05, 4.69) is 12.2 Å². The molecule has 0 unspecified atom stereocenters. The highest BCUT2D eigenvalue weighted by molar-refractivity contribution is 6.40. The lowest BCUT2D eigenvalue weighted by Gasteiger charge is -2.35. The first-order valence-corrected chi connectivity index (χ1v) is 4.29. The van der Waals surface area contributed by atoms with Crippen LogP contribution in [0.25, 0.3) is 0 Å². The molecule has 0 amide bonds. The Morgan fingerprint density at radius 2 is 2.27 bits per heavy atom. The summed E-state index contributed by atoms with van der Waals surface area (Å²) in [6, 6.07) is 0.630. The van der Waals surface area contributed by atoms with E-state index in [4.69, 9.17) is 10.0 Å². The van der Waals surface area contributed by atoms with Gasteiger partial charge in [0.2, 0.25) is 0 Å². The molecule has 1 aliphatic rings. The van der Waals surface area contributed by atoms with E-state index >= 15 is 0 Å². The number of nitrogens with one attached hydrogen (secondary N) is 1. The van der Waals surface area contributed by atoms with Crippen molar-refractivity contribution in [3.8, 4) is 0 Å². The van der Waals surface area contributed by atoms with Crippen molar-refractivity contribution in [3.05, 3.63) is 0 Å². The molecule has 3 N–H and O–H groups in total. The predicted molar refractivity (Wildman–Crippen MR) is 45.2 cm³/mol. The van der Waals surface area contributed by atoms with Crippen LogP contribution in [0.2, 0.25) is 6.32 Å². The van der Waals surface area contributed by atoms with Crippen molar-refractivity contribution in [2.24, 2.45) is 5.92 Å². The molecule has 0 bridgehead atoms. The molecule has 1 saturated heterocycles. The molecule has 4 heteroatoms. The van der Waals surface area contributed by atoms with Crippen molar-refractivity contribution in [1.82, 2.24) is 5.32 Å². The highest BCUT2D eigenvalue weighted by atomic mass is 16.4. The van der Waals surface area contributed by atoms with E-state index in [-0.39, 0.29) is 0 Å². The summed E-state index contributed by atoms with van der Waals surface area (Å²) in [5.41, 5.74) is 0. The molecule has 1 aliphatic heterocycles. The van der Waals surface area contributed by atoms with Crippen LogP contribution in [0.5, 0.6) is 0 Å². The van der Waals surface area contributed by atoms with Crippen molar-refractivity contribution >= 4 is 7.12 Å². The fourth-order valence-electron chi connectivity index (χ4n) is 1.43. The van der Waals surface area contributed by atoms with Gasteiger partial charge in [0.1, 0.15) is 0 Å². The summed E-state index contributed by atoms with van der Waals surface area (Å²) in [5, 5.41) is 20.4. The minimum absolute atomic E-state index is 0.517. The van der Waals surface area contributed by atoms with Gasteiger partial charge < -0.3 is 15.4 Å². The van der Waals surface area contributed by atoms with Gasteiger partial charge in [-0.05, 0) is 32.1 Å². The van der Waals surface area contributed by atoms with E-state index in [1.165, 1.54) is 0 Å². The van der Waals surface area contributed by atoms with Gasteiger partial charge in [0.25, 0.3) is 0 Å². The lowest BCUT2D eigenvalue weighted by molar-refractivity contribution is 0.232. The fraction of sp³-hybridized carbons (Fsp3) is 1.00. The van der Waals surface area contributed by atoms with Crippen LogP contribution in [-0.4, -0.2) is 29.8 Å². The van der Waals surface area contributed by atoms with Crippen LogP contribution in [0, 0.1) is 5.92 Å². The quantitative estimate of drug-likeness (QED) is 0.497. The second-order valence-corrected chi connectivity index (χ2v) is 3.37. The van der Waals surface area contributed by atoms with Gasteiger partial charge in [-0.1, -0.05) is 6.42 Å². The van der Waals surface area contributed by atoms with Crippen LogP contribution in [0.3, 0.4) is 0 Å². The standard InChI is InChI=1S/C7H16BNO2/c1-6-7(5-9-6)3-2-4-8(10)11/h6-7,9-11H,2-5H2,1H3/t6-,7-/m1/s1. The zero-order valence-corrected chi connectivity index (χ0v) is 6.95.